The summed E-state index contributed by atoms with van der Waals surface area (Å²) in [5.74, 6) is 0.505. The van der Waals surface area contributed by atoms with E-state index in [9.17, 15) is 4.79 Å². The highest BCUT2D eigenvalue weighted by Crippen LogP contribution is 2.41. The monoisotopic (exact) mass is 403 g/mol. The van der Waals surface area contributed by atoms with Crippen LogP contribution in [-0.2, 0) is 5.54 Å². The number of benzene rings is 1. The lowest BCUT2D eigenvalue weighted by Crippen LogP contribution is -2.42. The number of carbonyl (C=O) groups excluding carboxylic acids is 1. The first-order valence-corrected chi connectivity index (χ1v) is 10.8. The molecule has 1 aliphatic carbocycles. The van der Waals surface area contributed by atoms with E-state index >= 15 is 0 Å². The summed E-state index contributed by atoms with van der Waals surface area (Å²) >= 11 is 0. The molecule has 1 fully saturated rings. The molecule has 2 aliphatic rings. The van der Waals surface area contributed by atoms with E-state index in [2.05, 4.69) is 38.8 Å². The SMILES string of the molecule is Cc1nn(C(C)(C)C)c2nc(C3CC3)cc(C(=O)N3CCN(C)c4ccccc43)c12. The van der Waals surface area contributed by atoms with Gasteiger partial charge in [0.15, 0.2) is 5.65 Å². The molecule has 0 bridgehead atoms. The number of carbonyl (C=O) groups is 1. The number of hydrogen-bond donors (Lipinski definition) is 0. The number of hydrogen-bond acceptors (Lipinski definition) is 4. The van der Waals surface area contributed by atoms with Crippen LogP contribution in [0.5, 0.6) is 0 Å². The summed E-state index contributed by atoms with van der Waals surface area (Å²) in [6.07, 6.45) is 2.29. The number of rotatable bonds is 2. The molecule has 2 aromatic heterocycles. The normalized spacial score (nSPS) is 16.8. The van der Waals surface area contributed by atoms with Gasteiger partial charge in [0.1, 0.15) is 0 Å². The van der Waals surface area contributed by atoms with Crippen LogP contribution in [0.1, 0.15) is 61.3 Å². The van der Waals surface area contributed by atoms with Crippen molar-refractivity contribution in [2.75, 3.05) is 29.9 Å². The number of aromatic nitrogens is 3. The van der Waals surface area contributed by atoms with Crippen molar-refractivity contribution in [1.82, 2.24) is 14.8 Å². The standard InChI is InChI=1S/C24H29N5O/c1-15-21-17(23(30)28-13-12-27(5)19-8-6-7-9-20(19)28)14-18(16-10-11-16)25-22(21)29(26-15)24(2,3)4/h6-9,14,16H,10-13H2,1-5H3. The minimum Gasteiger partial charge on any atom is -0.371 e. The molecule has 1 aromatic carbocycles. The second kappa shape index (κ2) is 6.56. The van der Waals surface area contributed by atoms with Crippen molar-refractivity contribution in [1.29, 1.82) is 0 Å². The smallest absolute Gasteiger partial charge is 0.259 e. The molecule has 6 nitrogen and oxygen atoms in total. The molecular weight excluding hydrogens is 374 g/mol. The van der Waals surface area contributed by atoms with Crippen LogP contribution in [-0.4, -0.2) is 40.8 Å². The molecule has 1 saturated carbocycles. The molecule has 3 aromatic rings. The molecule has 0 saturated heterocycles. The average Bonchev–Trinajstić information content (AvgIpc) is 3.50. The summed E-state index contributed by atoms with van der Waals surface area (Å²) in [4.78, 5) is 23.1. The lowest BCUT2D eigenvalue weighted by Gasteiger charge is -2.35. The number of aryl methyl sites for hydroxylation is 1. The summed E-state index contributed by atoms with van der Waals surface area (Å²) in [7, 11) is 2.08. The number of pyridine rings is 1. The number of amides is 1. The molecule has 0 radical (unpaired) electrons. The molecule has 0 unspecified atom stereocenters. The number of para-hydroxylation sites is 2. The van der Waals surface area contributed by atoms with Gasteiger partial charge in [-0.05, 0) is 58.7 Å². The third-order valence-corrected chi connectivity index (χ3v) is 6.18. The van der Waals surface area contributed by atoms with E-state index in [1.807, 2.05) is 40.8 Å². The average molecular weight is 404 g/mol. The molecule has 30 heavy (non-hydrogen) atoms. The van der Waals surface area contributed by atoms with Gasteiger partial charge in [0, 0.05) is 31.7 Å². The van der Waals surface area contributed by atoms with Gasteiger partial charge in [-0.25, -0.2) is 9.67 Å². The van der Waals surface area contributed by atoms with E-state index in [-0.39, 0.29) is 11.4 Å². The summed E-state index contributed by atoms with van der Waals surface area (Å²) in [5.41, 5.74) is 5.30. The first-order valence-electron chi connectivity index (χ1n) is 10.8. The quantitative estimate of drug-likeness (QED) is 0.634. The van der Waals surface area contributed by atoms with Crippen molar-refractivity contribution in [2.24, 2.45) is 0 Å². The summed E-state index contributed by atoms with van der Waals surface area (Å²) in [6, 6.07) is 10.2. The predicted molar refractivity (Wildman–Crippen MR) is 121 cm³/mol. The Morgan fingerprint density at radius 3 is 2.47 bits per heavy atom. The van der Waals surface area contributed by atoms with Crippen LogP contribution in [0.15, 0.2) is 30.3 Å². The minimum atomic E-state index is -0.206. The maximum Gasteiger partial charge on any atom is 0.259 e. The van der Waals surface area contributed by atoms with E-state index in [4.69, 9.17) is 10.1 Å². The highest BCUT2D eigenvalue weighted by atomic mass is 16.2. The van der Waals surface area contributed by atoms with E-state index in [1.54, 1.807) is 0 Å². The fraction of sp³-hybridized carbons (Fsp3) is 0.458. The third-order valence-electron chi connectivity index (χ3n) is 6.18. The van der Waals surface area contributed by atoms with Gasteiger partial charge in [-0.2, -0.15) is 5.10 Å². The van der Waals surface area contributed by atoms with Crippen LogP contribution in [0.3, 0.4) is 0 Å². The Labute approximate surface area is 177 Å². The van der Waals surface area contributed by atoms with Gasteiger partial charge in [0.2, 0.25) is 0 Å². The molecular formula is C24H29N5O. The van der Waals surface area contributed by atoms with Crippen molar-refractivity contribution in [3.05, 3.63) is 47.3 Å². The van der Waals surface area contributed by atoms with E-state index in [1.165, 1.54) is 0 Å². The first-order chi connectivity index (χ1) is 14.3. The Balaban J connectivity index is 1.70. The summed E-state index contributed by atoms with van der Waals surface area (Å²) in [5, 5.41) is 5.69. The molecule has 1 aliphatic heterocycles. The Hall–Kier alpha value is -2.89. The van der Waals surface area contributed by atoms with E-state index in [0.29, 0.717) is 12.5 Å². The Morgan fingerprint density at radius 1 is 1.10 bits per heavy atom. The number of fused-ring (bicyclic) bond motifs is 2. The predicted octanol–water partition coefficient (Wildman–Crippen LogP) is 4.47. The van der Waals surface area contributed by atoms with Crippen LogP contribution < -0.4 is 9.80 Å². The van der Waals surface area contributed by atoms with Gasteiger partial charge in [-0.3, -0.25) is 4.79 Å². The lowest BCUT2D eigenvalue weighted by atomic mass is 10.0. The van der Waals surface area contributed by atoms with Crippen molar-refractivity contribution in [2.45, 2.75) is 52.0 Å². The Kier molecular flexibility index (Phi) is 4.17. The Bertz CT molecular complexity index is 1150. The van der Waals surface area contributed by atoms with Crippen molar-refractivity contribution in [3.8, 4) is 0 Å². The topological polar surface area (TPSA) is 54.3 Å². The Morgan fingerprint density at radius 2 is 1.80 bits per heavy atom. The zero-order valence-corrected chi connectivity index (χ0v) is 18.4. The van der Waals surface area contributed by atoms with Crippen LogP contribution in [0.25, 0.3) is 11.0 Å². The van der Waals surface area contributed by atoms with Crippen LogP contribution in [0, 0.1) is 6.92 Å². The summed E-state index contributed by atoms with van der Waals surface area (Å²) in [6.45, 7) is 9.85. The van der Waals surface area contributed by atoms with Gasteiger partial charge in [0.25, 0.3) is 5.91 Å². The number of anilines is 2. The summed E-state index contributed by atoms with van der Waals surface area (Å²) < 4.78 is 1.98. The molecule has 0 N–H and O–H groups in total. The first kappa shape index (κ1) is 19.1. The van der Waals surface area contributed by atoms with Crippen molar-refractivity contribution < 1.29 is 4.79 Å². The van der Waals surface area contributed by atoms with Gasteiger partial charge in [-0.15, -0.1) is 0 Å². The number of likely N-dealkylation sites (N-methyl/N-ethyl adjacent to an activating group) is 1. The van der Waals surface area contributed by atoms with Crippen LogP contribution in [0.4, 0.5) is 11.4 Å². The molecule has 3 heterocycles. The minimum absolute atomic E-state index is 0.0430. The third kappa shape index (κ3) is 2.97. The van der Waals surface area contributed by atoms with Gasteiger partial charge < -0.3 is 9.80 Å². The van der Waals surface area contributed by atoms with Crippen molar-refractivity contribution in [3.63, 3.8) is 0 Å². The maximum absolute atomic E-state index is 13.9. The fourth-order valence-electron chi connectivity index (χ4n) is 4.40. The van der Waals surface area contributed by atoms with E-state index in [0.717, 1.165) is 58.7 Å². The highest BCUT2D eigenvalue weighted by Gasteiger charge is 2.33. The largest absolute Gasteiger partial charge is 0.371 e. The molecule has 1 amide bonds. The van der Waals surface area contributed by atoms with Gasteiger partial charge in [-0.1, -0.05) is 12.1 Å². The highest BCUT2D eigenvalue weighted by molar-refractivity contribution is 6.15. The molecule has 156 valence electrons. The molecule has 0 atom stereocenters. The van der Waals surface area contributed by atoms with Crippen LogP contribution in [0.2, 0.25) is 0 Å². The zero-order chi connectivity index (χ0) is 21.2. The molecule has 5 rings (SSSR count). The maximum atomic E-state index is 13.9. The van der Waals surface area contributed by atoms with Crippen LogP contribution >= 0.6 is 0 Å². The lowest BCUT2D eigenvalue weighted by molar-refractivity contribution is 0.0988. The fourth-order valence-corrected chi connectivity index (χ4v) is 4.40. The second-order valence-electron chi connectivity index (χ2n) is 9.60. The number of nitrogens with zero attached hydrogens (tertiary/aromatic N) is 5. The molecule has 0 spiro atoms. The second-order valence-corrected chi connectivity index (χ2v) is 9.60. The molecule has 6 heteroatoms. The van der Waals surface area contributed by atoms with Gasteiger partial charge in [0.05, 0.1) is 33.6 Å². The van der Waals surface area contributed by atoms with E-state index < -0.39 is 0 Å². The van der Waals surface area contributed by atoms with Gasteiger partial charge >= 0.3 is 0 Å². The van der Waals surface area contributed by atoms with Crippen molar-refractivity contribution >= 4 is 28.3 Å². The zero-order valence-electron chi connectivity index (χ0n) is 18.4.